The first-order valence-electron chi connectivity index (χ1n) is 11.7. The minimum Gasteiger partial charge on any atom is -0.460 e. The molecule has 1 spiro atoms. The number of carbonyl (C=O) groups excluding carboxylic acids is 1. The lowest BCUT2D eigenvalue weighted by atomic mass is 9.65. The molecule has 5 rings (SSSR count). The number of benzene rings is 2. The minimum absolute atomic E-state index is 0.199. The number of aromatic nitrogens is 4. The van der Waals surface area contributed by atoms with Crippen molar-refractivity contribution < 1.29 is 14.4 Å². The molecule has 3 aromatic rings. The standard InChI is InChI=1S/C26H28ClN5O3/c1-25(2,3)34-24(33)19-10-7-13-26(23(19)17-8-5-4-6-9-17)15-22(29-35-26)20-14-18(11-12-21(20)27)32-16-28-30-31-32/h4-6,8-9,11-12,14-16,19,23,29H,7,10,13H2,1-3H3/t19?,23-,26+/m1/s1. The molecule has 1 aromatic heterocycles. The van der Waals surface area contributed by atoms with E-state index in [0.29, 0.717) is 5.02 Å². The maximum Gasteiger partial charge on any atom is 0.310 e. The zero-order chi connectivity index (χ0) is 24.6. The predicted molar refractivity (Wildman–Crippen MR) is 131 cm³/mol. The van der Waals surface area contributed by atoms with Gasteiger partial charge in [-0.05, 0) is 80.3 Å². The summed E-state index contributed by atoms with van der Waals surface area (Å²) in [6.45, 7) is 5.69. The fourth-order valence-corrected chi connectivity index (χ4v) is 5.29. The number of nitrogens with zero attached hydrogens (tertiary/aromatic N) is 4. The molecular formula is C26H28ClN5O3. The molecule has 2 aromatic carbocycles. The van der Waals surface area contributed by atoms with Gasteiger partial charge in [0.25, 0.3) is 0 Å². The molecule has 2 aliphatic rings. The number of halogens is 1. The normalized spacial score (nSPS) is 24.2. The van der Waals surface area contributed by atoms with Crippen molar-refractivity contribution in [2.24, 2.45) is 5.92 Å². The van der Waals surface area contributed by atoms with Crippen molar-refractivity contribution in [1.82, 2.24) is 25.7 Å². The van der Waals surface area contributed by atoms with Gasteiger partial charge in [-0.2, -0.15) is 0 Å². The number of tetrazole rings is 1. The third-order valence-corrected chi connectivity index (χ3v) is 6.80. The summed E-state index contributed by atoms with van der Waals surface area (Å²) in [5.41, 5.74) is 5.14. The van der Waals surface area contributed by atoms with Crippen LogP contribution in [0.2, 0.25) is 5.02 Å². The molecule has 182 valence electrons. The number of carbonyl (C=O) groups is 1. The van der Waals surface area contributed by atoms with Crippen LogP contribution in [0, 0.1) is 5.92 Å². The van der Waals surface area contributed by atoms with E-state index in [9.17, 15) is 4.79 Å². The van der Waals surface area contributed by atoms with E-state index in [2.05, 4.69) is 39.2 Å². The first-order chi connectivity index (χ1) is 16.8. The van der Waals surface area contributed by atoms with Crippen molar-refractivity contribution in [3.8, 4) is 5.69 Å². The summed E-state index contributed by atoms with van der Waals surface area (Å²) >= 11 is 6.60. The lowest BCUT2D eigenvalue weighted by molar-refractivity contribution is -0.168. The number of esters is 1. The molecule has 1 saturated carbocycles. The number of hydroxylamine groups is 1. The highest BCUT2D eigenvalue weighted by molar-refractivity contribution is 6.32. The average molecular weight is 494 g/mol. The summed E-state index contributed by atoms with van der Waals surface area (Å²) in [7, 11) is 0. The molecule has 35 heavy (non-hydrogen) atoms. The number of ether oxygens (including phenoxy) is 1. The molecule has 1 unspecified atom stereocenters. The van der Waals surface area contributed by atoms with Gasteiger partial charge in [0.05, 0.1) is 22.3 Å². The summed E-state index contributed by atoms with van der Waals surface area (Å²) in [4.78, 5) is 19.7. The first kappa shape index (κ1) is 23.5. The van der Waals surface area contributed by atoms with Crippen LogP contribution in [-0.2, 0) is 14.4 Å². The zero-order valence-electron chi connectivity index (χ0n) is 19.9. The number of hydrogen-bond donors (Lipinski definition) is 1. The van der Waals surface area contributed by atoms with Gasteiger partial charge >= 0.3 is 5.97 Å². The Hall–Kier alpha value is -3.23. The van der Waals surface area contributed by atoms with E-state index in [1.165, 1.54) is 6.33 Å². The maximum absolute atomic E-state index is 13.4. The van der Waals surface area contributed by atoms with Gasteiger partial charge in [0.1, 0.15) is 17.5 Å². The zero-order valence-corrected chi connectivity index (χ0v) is 20.7. The van der Waals surface area contributed by atoms with E-state index in [0.717, 1.165) is 41.8 Å². The molecule has 1 aliphatic heterocycles. The van der Waals surface area contributed by atoms with Gasteiger partial charge in [-0.25, -0.2) is 4.68 Å². The monoisotopic (exact) mass is 493 g/mol. The Kier molecular flexibility index (Phi) is 6.11. The van der Waals surface area contributed by atoms with Crippen molar-refractivity contribution in [2.75, 3.05) is 0 Å². The van der Waals surface area contributed by atoms with Crippen LogP contribution in [0.25, 0.3) is 11.4 Å². The van der Waals surface area contributed by atoms with Gasteiger partial charge in [-0.1, -0.05) is 41.9 Å². The molecular weight excluding hydrogens is 466 g/mol. The van der Waals surface area contributed by atoms with Crippen LogP contribution in [0.4, 0.5) is 0 Å². The van der Waals surface area contributed by atoms with E-state index >= 15 is 0 Å². The van der Waals surface area contributed by atoms with Crippen LogP contribution in [0.3, 0.4) is 0 Å². The van der Waals surface area contributed by atoms with Crippen molar-refractivity contribution in [3.05, 3.63) is 77.1 Å². The Balaban J connectivity index is 1.56. The van der Waals surface area contributed by atoms with E-state index in [1.807, 2.05) is 51.1 Å². The van der Waals surface area contributed by atoms with Crippen LogP contribution >= 0.6 is 11.6 Å². The maximum atomic E-state index is 13.4. The Labute approximate surface area is 209 Å². The fraction of sp³-hybridized carbons (Fsp3) is 0.385. The van der Waals surface area contributed by atoms with Crippen LogP contribution in [0.5, 0.6) is 0 Å². The summed E-state index contributed by atoms with van der Waals surface area (Å²) in [6.07, 6.45) is 5.92. The van der Waals surface area contributed by atoms with Crippen molar-refractivity contribution in [3.63, 3.8) is 0 Å². The van der Waals surface area contributed by atoms with Gasteiger partial charge in [0, 0.05) is 11.5 Å². The average Bonchev–Trinajstić information content (AvgIpc) is 3.50. The quantitative estimate of drug-likeness (QED) is 0.519. The molecule has 0 amide bonds. The highest BCUT2D eigenvalue weighted by Crippen LogP contribution is 2.51. The van der Waals surface area contributed by atoms with Crippen LogP contribution in [-0.4, -0.2) is 37.4 Å². The fourth-order valence-electron chi connectivity index (χ4n) is 5.07. The highest BCUT2D eigenvalue weighted by Gasteiger charge is 2.52. The molecule has 0 bridgehead atoms. The third-order valence-electron chi connectivity index (χ3n) is 6.47. The molecule has 1 fully saturated rings. The summed E-state index contributed by atoms with van der Waals surface area (Å²) in [5, 5.41) is 12.0. The largest absolute Gasteiger partial charge is 0.460 e. The second kappa shape index (κ2) is 9.09. The van der Waals surface area contributed by atoms with Gasteiger partial charge in [0.15, 0.2) is 0 Å². The van der Waals surface area contributed by atoms with Crippen molar-refractivity contribution >= 4 is 23.3 Å². The summed E-state index contributed by atoms with van der Waals surface area (Å²) in [6, 6.07) is 15.6. The number of nitrogens with one attached hydrogen (secondary N) is 1. The van der Waals surface area contributed by atoms with Crippen LogP contribution < -0.4 is 5.48 Å². The van der Waals surface area contributed by atoms with Gasteiger partial charge in [-0.15, -0.1) is 5.10 Å². The molecule has 1 N–H and O–H groups in total. The topological polar surface area (TPSA) is 91.2 Å². The van der Waals surface area contributed by atoms with E-state index in [-0.39, 0.29) is 17.8 Å². The number of hydrogen-bond acceptors (Lipinski definition) is 7. The van der Waals surface area contributed by atoms with Crippen LogP contribution in [0.1, 0.15) is 57.1 Å². The number of rotatable bonds is 4. The lowest BCUT2D eigenvalue weighted by Crippen LogP contribution is -2.47. The molecule has 0 saturated heterocycles. The van der Waals surface area contributed by atoms with Gasteiger partial charge < -0.3 is 4.74 Å². The molecule has 8 nitrogen and oxygen atoms in total. The third kappa shape index (κ3) is 4.68. The summed E-state index contributed by atoms with van der Waals surface area (Å²) < 4.78 is 7.41. The van der Waals surface area contributed by atoms with Crippen molar-refractivity contribution in [1.29, 1.82) is 0 Å². The second-order valence-electron chi connectivity index (χ2n) is 10.1. The molecule has 2 heterocycles. The first-order valence-corrected chi connectivity index (χ1v) is 12.1. The van der Waals surface area contributed by atoms with Gasteiger partial charge in [0.2, 0.25) is 0 Å². The minimum atomic E-state index is -0.731. The Morgan fingerprint density at radius 1 is 1.23 bits per heavy atom. The molecule has 3 atom stereocenters. The van der Waals surface area contributed by atoms with E-state index in [4.69, 9.17) is 21.2 Å². The predicted octanol–water partition coefficient (Wildman–Crippen LogP) is 4.86. The SMILES string of the molecule is CC(C)(C)OC(=O)C1CCC[C@]2(C=C(c3cc(-n4cnnn4)ccc3Cl)NO2)[C@@H]1c1ccccc1. The van der Waals surface area contributed by atoms with Crippen LogP contribution in [0.15, 0.2) is 60.9 Å². The molecule has 0 radical (unpaired) electrons. The van der Waals surface area contributed by atoms with Gasteiger partial charge in [-0.3, -0.25) is 15.1 Å². The Morgan fingerprint density at radius 2 is 2.03 bits per heavy atom. The lowest BCUT2D eigenvalue weighted by Gasteiger charge is -2.43. The second-order valence-corrected chi connectivity index (χ2v) is 10.5. The van der Waals surface area contributed by atoms with Crippen molar-refractivity contribution in [2.45, 2.75) is 57.2 Å². The van der Waals surface area contributed by atoms with E-state index in [1.54, 1.807) is 10.7 Å². The Bertz CT molecular complexity index is 1240. The Morgan fingerprint density at radius 3 is 2.74 bits per heavy atom. The van der Waals surface area contributed by atoms with E-state index < -0.39 is 11.2 Å². The summed E-state index contributed by atoms with van der Waals surface area (Å²) in [5.74, 6) is -0.765. The molecule has 1 aliphatic carbocycles. The highest BCUT2D eigenvalue weighted by atomic mass is 35.5. The smallest absolute Gasteiger partial charge is 0.310 e. The molecule has 9 heteroatoms.